The van der Waals surface area contributed by atoms with E-state index in [1.807, 2.05) is 4.90 Å². The molecule has 12 nitrogen and oxygen atoms in total. The molecule has 1 unspecified atom stereocenters. The predicted octanol–water partition coefficient (Wildman–Crippen LogP) is 3.00. The van der Waals surface area contributed by atoms with Crippen LogP contribution in [0.25, 0.3) is 0 Å². The predicted molar refractivity (Wildman–Crippen MR) is 137 cm³/mol. The third kappa shape index (κ3) is 4.99. The van der Waals surface area contributed by atoms with Crippen molar-refractivity contribution < 1.29 is 23.6 Å². The molecule has 202 valence electrons. The van der Waals surface area contributed by atoms with Gasteiger partial charge in [-0.1, -0.05) is 5.21 Å². The summed E-state index contributed by atoms with van der Waals surface area (Å²) in [5, 5.41) is 21.5. The van der Waals surface area contributed by atoms with Crippen molar-refractivity contribution in [2.75, 3.05) is 29.4 Å². The molecule has 3 aliphatic rings. The molecule has 1 saturated carbocycles. The van der Waals surface area contributed by atoms with Gasteiger partial charge >= 0.3 is 6.09 Å². The second-order valence-corrected chi connectivity index (χ2v) is 10.2. The average molecular weight is 536 g/mol. The van der Waals surface area contributed by atoms with E-state index in [0.717, 1.165) is 12.8 Å². The van der Waals surface area contributed by atoms with Crippen molar-refractivity contribution in [2.45, 2.75) is 31.5 Å². The molecule has 0 spiro atoms. The van der Waals surface area contributed by atoms with Gasteiger partial charge in [0.2, 0.25) is 0 Å². The van der Waals surface area contributed by atoms with E-state index >= 15 is 4.39 Å². The van der Waals surface area contributed by atoms with E-state index in [2.05, 4.69) is 15.6 Å². The van der Waals surface area contributed by atoms with E-state index < -0.39 is 22.9 Å². The number of benzene rings is 2. The molecule has 13 heteroatoms. The molecule has 6 rings (SSSR count). The third-order valence-electron chi connectivity index (χ3n) is 7.75. The van der Waals surface area contributed by atoms with Crippen molar-refractivity contribution in [3.63, 3.8) is 0 Å². The van der Waals surface area contributed by atoms with Crippen LogP contribution in [0.2, 0.25) is 0 Å². The van der Waals surface area contributed by atoms with Crippen LogP contribution in [0.3, 0.4) is 0 Å². The number of fused-ring (bicyclic) bond motifs is 1. The summed E-state index contributed by atoms with van der Waals surface area (Å²) in [5.41, 5.74) is 1.25. The summed E-state index contributed by atoms with van der Waals surface area (Å²) < 4.78 is 22.2. The lowest BCUT2D eigenvalue weighted by Crippen LogP contribution is -2.34. The molecular weight excluding hydrogens is 509 g/mol. The van der Waals surface area contributed by atoms with Crippen molar-refractivity contribution in [2.24, 2.45) is 11.8 Å². The van der Waals surface area contributed by atoms with Crippen LogP contribution in [-0.4, -0.2) is 63.7 Å². The maximum absolute atomic E-state index is 15.2. The van der Waals surface area contributed by atoms with Crippen LogP contribution in [0, 0.1) is 27.8 Å². The van der Waals surface area contributed by atoms with Crippen LogP contribution in [-0.2, 0) is 11.3 Å². The Labute approximate surface area is 222 Å². The highest BCUT2D eigenvalue weighted by Crippen LogP contribution is 2.41. The first kappa shape index (κ1) is 24.8. The molecule has 3 aromatic rings. The largest absolute Gasteiger partial charge is 0.442 e. The highest BCUT2D eigenvalue weighted by atomic mass is 19.1. The minimum Gasteiger partial charge on any atom is -0.442 e. The molecule has 1 aliphatic carbocycles. The maximum Gasteiger partial charge on any atom is 0.414 e. The zero-order valence-electron chi connectivity index (χ0n) is 20.9. The van der Waals surface area contributed by atoms with Gasteiger partial charge in [0.25, 0.3) is 11.6 Å². The molecule has 39 heavy (non-hydrogen) atoms. The quantitative estimate of drug-likeness (QED) is 0.360. The first-order valence-electron chi connectivity index (χ1n) is 12.8. The number of anilines is 2. The topological polar surface area (TPSA) is 136 Å². The maximum atomic E-state index is 15.2. The number of hydrogen-bond acceptors (Lipinski definition) is 8. The number of nitro groups is 1. The number of nitro benzene ring substituents is 1. The Morgan fingerprint density at radius 2 is 1.87 bits per heavy atom. The van der Waals surface area contributed by atoms with Gasteiger partial charge in [-0.3, -0.25) is 19.8 Å². The van der Waals surface area contributed by atoms with E-state index in [0.29, 0.717) is 55.0 Å². The lowest BCUT2D eigenvalue weighted by Gasteiger charge is -2.23. The number of nitrogens with one attached hydrogen (secondary N) is 1. The van der Waals surface area contributed by atoms with Crippen LogP contribution in [0.15, 0.2) is 54.9 Å². The first-order valence-corrected chi connectivity index (χ1v) is 12.8. The second kappa shape index (κ2) is 9.97. The highest BCUT2D eigenvalue weighted by molar-refractivity contribution is 5.94. The third-order valence-corrected chi connectivity index (χ3v) is 7.75. The Hall–Kier alpha value is -4.55. The number of cyclic esters (lactones) is 1. The second-order valence-electron chi connectivity index (χ2n) is 10.2. The number of aromatic nitrogens is 3. The number of ether oxygens (including phenoxy) is 1. The van der Waals surface area contributed by atoms with Crippen molar-refractivity contribution in [3.05, 3.63) is 76.4 Å². The molecule has 0 bridgehead atoms. The number of carbonyl (C=O) groups is 2. The Kier molecular flexibility index (Phi) is 6.33. The number of amides is 2. The number of non-ortho nitro benzene ring substituents is 1. The Morgan fingerprint density at radius 1 is 1.13 bits per heavy atom. The van der Waals surface area contributed by atoms with Crippen molar-refractivity contribution in [1.29, 1.82) is 0 Å². The van der Waals surface area contributed by atoms with Crippen molar-refractivity contribution in [1.82, 2.24) is 20.3 Å². The minimum atomic E-state index is -0.523. The molecule has 3 heterocycles. The lowest BCUT2D eigenvalue weighted by molar-refractivity contribution is -0.384. The van der Waals surface area contributed by atoms with Gasteiger partial charge in [0.1, 0.15) is 11.9 Å². The van der Waals surface area contributed by atoms with Gasteiger partial charge in [0.05, 0.1) is 35.6 Å². The van der Waals surface area contributed by atoms with Gasteiger partial charge in [-0.15, -0.1) is 5.10 Å². The fourth-order valence-corrected chi connectivity index (χ4v) is 5.90. The molecular formula is C26H26FN7O5. The highest BCUT2D eigenvalue weighted by Gasteiger charge is 2.42. The monoisotopic (exact) mass is 535 g/mol. The van der Waals surface area contributed by atoms with Crippen LogP contribution >= 0.6 is 0 Å². The number of hydrogen-bond donors (Lipinski definition) is 1. The van der Waals surface area contributed by atoms with Gasteiger partial charge in [-0.25, -0.2) is 13.9 Å². The normalized spacial score (nSPS) is 24.1. The lowest BCUT2D eigenvalue weighted by atomic mass is 10.0. The summed E-state index contributed by atoms with van der Waals surface area (Å²) in [6.45, 7) is 2.01. The van der Waals surface area contributed by atoms with E-state index in [1.165, 1.54) is 35.2 Å². The summed E-state index contributed by atoms with van der Waals surface area (Å²) >= 11 is 0. The van der Waals surface area contributed by atoms with Gasteiger partial charge in [0, 0.05) is 43.0 Å². The SMILES string of the molecule is O=C(NC1C[C@@H]2CN(c3ccc(N4C[C@H](Cn5ccnn5)OC4=O)cc3F)C[C@@H]2C1)c1ccc([N+](=O)[O-])cc1. The van der Waals surface area contributed by atoms with Crippen LogP contribution in [0.4, 0.5) is 26.2 Å². The molecule has 2 aromatic carbocycles. The van der Waals surface area contributed by atoms with E-state index in [9.17, 15) is 19.7 Å². The average Bonchev–Trinajstić information content (AvgIpc) is 3.69. The van der Waals surface area contributed by atoms with E-state index in [1.54, 1.807) is 29.2 Å². The van der Waals surface area contributed by atoms with Gasteiger partial charge in [-0.2, -0.15) is 0 Å². The zero-order chi connectivity index (χ0) is 27.1. The Morgan fingerprint density at radius 3 is 2.51 bits per heavy atom. The van der Waals surface area contributed by atoms with Gasteiger partial charge in [0.15, 0.2) is 0 Å². The molecule has 4 atom stereocenters. The molecule has 3 fully saturated rings. The smallest absolute Gasteiger partial charge is 0.414 e. The van der Waals surface area contributed by atoms with E-state index in [-0.39, 0.29) is 17.6 Å². The molecule has 0 radical (unpaired) electrons. The summed E-state index contributed by atoms with van der Waals surface area (Å²) in [7, 11) is 0. The molecule has 2 aliphatic heterocycles. The molecule has 1 N–H and O–H groups in total. The number of halogens is 1. The van der Waals surface area contributed by atoms with Gasteiger partial charge < -0.3 is 15.0 Å². The zero-order valence-corrected chi connectivity index (χ0v) is 20.9. The summed E-state index contributed by atoms with van der Waals surface area (Å²) in [6.07, 6.45) is 3.87. The minimum absolute atomic E-state index is 0.00344. The fraction of sp³-hybridized carbons (Fsp3) is 0.385. The molecule has 2 amide bonds. The van der Waals surface area contributed by atoms with E-state index in [4.69, 9.17) is 4.74 Å². The molecule has 1 aromatic heterocycles. The fourth-order valence-electron chi connectivity index (χ4n) is 5.90. The van der Waals surface area contributed by atoms with Crippen LogP contribution in [0.5, 0.6) is 0 Å². The van der Waals surface area contributed by atoms with Crippen molar-refractivity contribution in [3.8, 4) is 0 Å². The summed E-state index contributed by atoms with van der Waals surface area (Å²) in [5.74, 6) is -0.0185. The van der Waals surface area contributed by atoms with Crippen molar-refractivity contribution >= 4 is 29.1 Å². The number of nitrogens with zero attached hydrogens (tertiary/aromatic N) is 6. The van der Waals surface area contributed by atoms with Crippen LogP contribution < -0.4 is 15.1 Å². The first-order chi connectivity index (χ1) is 18.8. The van der Waals surface area contributed by atoms with Gasteiger partial charge in [-0.05, 0) is 55.0 Å². The number of rotatable bonds is 7. The Bertz CT molecular complexity index is 1390. The number of carbonyl (C=O) groups excluding carboxylic acids is 2. The Balaban J connectivity index is 1.04. The molecule has 2 saturated heterocycles. The standard InChI is InChI=1S/C26H26FN7O5/c27-23-11-21(33-15-22(39-26(33)36)14-32-8-7-28-30-32)5-6-24(23)31-12-17-9-19(10-18(17)13-31)29-25(35)16-1-3-20(4-2-16)34(37)38/h1-8,11,17-19,22H,9-10,12-15H2,(H,29,35)/t17-,18+,19?,22-/m0/s1. The summed E-state index contributed by atoms with van der Waals surface area (Å²) in [4.78, 5) is 38.8. The summed E-state index contributed by atoms with van der Waals surface area (Å²) in [6, 6.07) is 10.4. The van der Waals surface area contributed by atoms with Crippen LogP contribution in [0.1, 0.15) is 23.2 Å².